The van der Waals surface area contributed by atoms with E-state index in [1.165, 1.54) is 17.0 Å². The molecule has 3 heteroatoms. The first-order chi connectivity index (χ1) is 7.58. The van der Waals surface area contributed by atoms with Crippen LogP contribution < -0.4 is 5.73 Å². The molecule has 0 spiro atoms. The second-order valence-corrected chi connectivity index (χ2v) is 5.21. The monoisotopic (exact) mass is 235 g/mol. The van der Waals surface area contributed by atoms with E-state index in [4.69, 9.17) is 5.73 Å². The lowest BCUT2D eigenvalue weighted by atomic mass is 9.89. The van der Waals surface area contributed by atoms with Crippen LogP contribution >= 0.6 is 11.3 Å². The van der Waals surface area contributed by atoms with Gasteiger partial charge in [-0.25, -0.2) is 4.39 Å². The molecule has 0 aliphatic rings. The minimum Gasteiger partial charge on any atom is -0.321 e. The number of hydrogen-bond donors (Lipinski definition) is 1. The highest BCUT2D eigenvalue weighted by Gasteiger charge is 2.21. The molecule has 0 saturated heterocycles. The van der Waals surface area contributed by atoms with E-state index in [1.54, 1.807) is 23.5 Å². The molecule has 0 saturated carbocycles. The molecular weight excluding hydrogens is 221 g/mol. The van der Waals surface area contributed by atoms with Gasteiger partial charge in [-0.15, -0.1) is 11.3 Å². The first-order valence-electron chi connectivity index (χ1n) is 5.15. The fourth-order valence-electron chi connectivity index (χ4n) is 1.71. The Morgan fingerprint density at radius 3 is 2.50 bits per heavy atom. The van der Waals surface area contributed by atoms with Gasteiger partial charge >= 0.3 is 0 Å². The molecule has 0 aliphatic carbocycles. The number of benzene rings is 1. The minimum atomic E-state index is -0.446. The van der Waals surface area contributed by atoms with Crippen molar-refractivity contribution >= 4 is 11.3 Å². The van der Waals surface area contributed by atoms with Crippen LogP contribution in [0.2, 0.25) is 0 Å². The van der Waals surface area contributed by atoms with Gasteiger partial charge in [-0.2, -0.15) is 0 Å². The number of hydrogen-bond acceptors (Lipinski definition) is 2. The largest absolute Gasteiger partial charge is 0.321 e. The van der Waals surface area contributed by atoms with Gasteiger partial charge in [-0.3, -0.25) is 0 Å². The van der Waals surface area contributed by atoms with Crippen LogP contribution in [0.5, 0.6) is 0 Å². The van der Waals surface area contributed by atoms with Crippen LogP contribution in [0.4, 0.5) is 4.39 Å². The average Bonchev–Trinajstić information content (AvgIpc) is 2.70. The van der Waals surface area contributed by atoms with E-state index in [0.29, 0.717) is 0 Å². The van der Waals surface area contributed by atoms with Gasteiger partial charge in [-0.05, 0) is 36.1 Å². The highest BCUT2D eigenvalue weighted by molar-refractivity contribution is 7.09. The Balaban J connectivity index is 2.21. The third-order valence-electron chi connectivity index (χ3n) is 2.63. The van der Waals surface area contributed by atoms with Crippen molar-refractivity contribution in [1.82, 2.24) is 0 Å². The van der Waals surface area contributed by atoms with Gasteiger partial charge in [0.1, 0.15) is 5.82 Å². The van der Waals surface area contributed by atoms with Crippen molar-refractivity contribution in [2.45, 2.75) is 18.9 Å². The smallest absolute Gasteiger partial charge is 0.123 e. The van der Waals surface area contributed by atoms with E-state index in [1.807, 2.05) is 18.4 Å². The molecule has 0 amide bonds. The second-order valence-electron chi connectivity index (χ2n) is 4.18. The molecule has 2 N–H and O–H groups in total. The quantitative estimate of drug-likeness (QED) is 0.868. The number of rotatable bonds is 3. The number of thiophene rings is 1. The summed E-state index contributed by atoms with van der Waals surface area (Å²) in [4.78, 5) is 1.24. The Kier molecular flexibility index (Phi) is 3.08. The van der Waals surface area contributed by atoms with Crippen LogP contribution in [0.25, 0.3) is 0 Å². The summed E-state index contributed by atoms with van der Waals surface area (Å²) in [6, 6.07) is 10.5. The standard InChI is InChI=1S/C13H14FNS/c1-13(15,9-12-3-2-8-16-12)10-4-6-11(14)7-5-10/h2-8H,9,15H2,1H3. The summed E-state index contributed by atoms with van der Waals surface area (Å²) in [6.07, 6.45) is 0.774. The fraction of sp³-hybridized carbons (Fsp3) is 0.231. The third kappa shape index (κ3) is 2.49. The SMILES string of the molecule is CC(N)(Cc1cccs1)c1ccc(F)cc1. The Morgan fingerprint density at radius 1 is 1.25 bits per heavy atom. The highest BCUT2D eigenvalue weighted by Crippen LogP contribution is 2.25. The normalized spacial score (nSPS) is 14.7. The van der Waals surface area contributed by atoms with Gasteiger partial charge in [-0.1, -0.05) is 18.2 Å². The summed E-state index contributed by atoms with van der Waals surface area (Å²) in [5.74, 6) is -0.226. The van der Waals surface area contributed by atoms with E-state index >= 15 is 0 Å². The van der Waals surface area contributed by atoms with E-state index in [2.05, 4.69) is 6.07 Å². The predicted molar refractivity (Wildman–Crippen MR) is 66.0 cm³/mol. The van der Waals surface area contributed by atoms with Crippen LogP contribution in [-0.2, 0) is 12.0 Å². The van der Waals surface area contributed by atoms with Gasteiger partial charge in [0.2, 0.25) is 0 Å². The first kappa shape index (κ1) is 11.3. The molecule has 1 heterocycles. The molecule has 0 fully saturated rings. The Bertz CT molecular complexity index is 445. The van der Waals surface area contributed by atoms with Crippen molar-refractivity contribution in [3.8, 4) is 0 Å². The van der Waals surface area contributed by atoms with Crippen molar-refractivity contribution in [3.05, 3.63) is 58.0 Å². The molecule has 2 aromatic rings. The van der Waals surface area contributed by atoms with Crippen LogP contribution in [0, 0.1) is 5.82 Å². The van der Waals surface area contributed by atoms with Crippen molar-refractivity contribution in [2.24, 2.45) is 5.73 Å². The van der Waals surface area contributed by atoms with Crippen LogP contribution in [-0.4, -0.2) is 0 Å². The molecular formula is C13H14FNS. The van der Waals surface area contributed by atoms with E-state index in [9.17, 15) is 4.39 Å². The molecule has 2 rings (SSSR count). The van der Waals surface area contributed by atoms with E-state index in [0.717, 1.165) is 12.0 Å². The summed E-state index contributed by atoms with van der Waals surface area (Å²) < 4.78 is 12.8. The molecule has 0 radical (unpaired) electrons. The second kappa shape index (κ2) is 4.36. The maximum atomic E-state index is 12.8. The predicted octanol–water partition coefficient (Wildman–Crippen LogP) is 3.30. The van der Waals surface area contributed by atoms with Crippen molar-refractivity contribution in [3.63, 3.8) is 0 Å². The van der Waals surface area contributed by atoms with Crippen LogP contribution in [0.3, 0.4) is 0 Å². The average molecular weight is 235 g/mol. The Morgan fingerprint density at radius 2 is 1.94 bits per heavy atom. The molecule has 16 heavy (non-hydrogen) atoms. The van der Waals surface area contributed by atoms with Gasteiger partial charge in [0, 0.05) is 16.8 Å². The summed E-state index contributed by atoms with van der Waals surface area (Å²) in [5, 5.41) is 2.04. The Hall–Kier alpha value is -1.19. The Labute approximate surface area is 98.7 Å². The highest BCUT2D eigenvalue weighted by atomic mass is 32.1. The van der Waals surface area contributed by atoms with Crippen molar-refractivity contribution in [1.29, 1.82) is 0 Å². The zero-order valence-corrected chi connectivity index (χ0v) is 9.93. The van der Waals surface area contributed by atoms with Crippen LogP contribution in [0.1, 0.15) is 17.4 Å². The first-order valence-corrected chi connectivity index (χ1v) is 6.03. The van der Waals surface area contributed by atoms with Gasteiger partial charge in [0.05, 0.1) is 0 Å². The summed E-state index contributed by atoms with van der Waals surface area (Å²) in [7, 11) is 0. The maximum Gasteiger partial charge on any atom is 0.123 e. The van der Waals surface area contributed by atoms with Crippen molar-refractivity contribution in [2.75, 3.05) is 0 Å². The fourth-order valence-corrected chi connectivity index (χ4v) is 2.58. The third-order valence-corrected chi connectivity index (χ3v) is 3.50. The molecule has 0 bridgehead atoms. The lowest BCUT2D eigenvalue weighted by Crippen LogP contribution is -2.35. The van der Waals surface area contributed by atoms with Gasteiger partial charge in [0.15, 0.2) is 0 Å². The zero-order valence-electron chi connectivity index (χ0n) is 9.11. The molecule has 0 aliphatic heterocycles. The lowest BCUT2D eigenvalue weighted by Gasteiger charge is -2.24. The minimum absolute atomic E-state index is 0.226. The number of halogens is 1. The summed E-state index contributed by atoms with van der Waals surface area (Å²) >= 11 is 1.69. The van der Waals surface area contributed by atoms with Gasteiger partial charge in [0.25, 0.3) is 0 Å². The molecule has 1 atom stereocenters. The number of nitrogens with two attached hydrogens (primary N) is 1. The molecule has 1 aromatic carbocycles. The van der Waals surface area contributed by atoms with E-state index in [-0.39, 0.29) is 5.82 Å². The lowest BCUT2D eigenvalue weighted by molar-refractivity contribution is 0.494. The summed E-state index contributed by atoms with van der Waals surface area (Å²) in [5.41, 5.74) is 6.78. The topological polar surface area (TPSA) is 26.0 Å². The maximum absolute atomic E-state index is 12.8. The molecule has 1 aromatic heterocycles. The summed E-state index contributed by atoms with van der Waals surface area (Å²) in [6.45, 7) is 1.97. The molecule has 1 unspecified atom stereocenters. The van der Waals surface area contributed by atoms with Gasteiger partial charge < -0.3 is 5.73 Å². The van der Waals surface area contributed by atoms with Crippen LogP contribution in [0.15, 0.2) is 41.8 Å². The van der Waals surface area contributed by atoms with E-state index < -0.39 is 5.54 Å². The zero-order chi connectivity index (χ0) is 11.6. The molecule has 1 nitrogen and oxygen atoms in total. The molecule has 84 valence electrons. The van der Waals surface area contributed by atoms with Crippen molar-refractivity contribution < 1.29 is 4.39 Å².